The molecule has 0 saturated heterocycles. The largest absolute Gasteiger partial charge is 0.388 e. The van der Waals surface area contributed by atoms with Crippen molar-refractivity contribution in [3.63, 3.8) is 0 Å². The molecule has 5 heteroatoms. The van der Waals surface area contributed by atoms with Crippen LogP contribution < -0.4 is 5.32 Å². The molecule has 1 heterocycles. The topological polar surface area (TPSA) is 62.2 Å². The highest BCUT2D eigenvalue weighted by atomic mass is 19.1. The van der Waals surface area contributed by atoms with E-state index in [4.69, 9.17) is 0 Å². The maximum Gasteiger partial charge on any atom is 0.270 e. The zero-order valence-corrected chi connectivity index (χ0v) is 10.4. The summed E-state index contributed by atoms with van der Waals surface area (Å²) in [4.78, 5) is 15.5. The number of aromatic nitrogens is 1. The van der Waals surface area contributed by atoms with Crippen molar-refractivity contribution < 1.29 is 14.3 Å². The Balaban J connectivity index is 2.83. The predicted octanol–water partition coefficient (Wildman–Crippen LogP) is 1.50. The molecule has 0 fully saturated rings. The van der Waals surface area contributed by atoms with Crippen LogP contribution in [0.25, 0.3) is 0 Å². The summed E-state index contributed by atoms with van der Waals surface area (Å²) in [5.74, 6) is -0.944. The van der Waals surface area contributed by atoms with Gasteiger partial charge in [-0.05, 0) is 39.8 Å². The van der Waals surface area contributed by atoms with Crippen LogP contribution in [0.2, 0.25) is 0 Å². The second kappa shape index (κ2) is 4.41. The molecule has 1 rings (SSSR count). The number of rotatable bonds is 3. The van der Waals surface area contributed by atoms with Gasteiger partial charge in [0.15, 0.2) is 0 Å². The van der Waals surface area contributed by atoms with Crippen molar-refractivity contribution in [3.8, 4) is 0 Å². The van der Waals surface area contributed by atoms with Crippen molar-refractivity contribution in [2.75, 3.05) is 0 Å². The molecule has 0 unspecified atom stereocenters. The summed E-state index contributed by atoms with van der Waals surface area (Å²) in [5, 5.41) is 12.5. The smallest absolute Gasteiger partial charge is 0.270 e. The number of nitrogens with zero attached hydrogens (tertiary/aromatic N) is 1. The molecule has 4 nitrogen and oxygen atoms in total. The highest BCUT2D eigenvalue weighted by Gasteiger charge is 2.36. The van der Waals surface area contributed by atoms with E-state index >= 15 is 0 Å². The van der Waals surface area contributed by atoms with Gasteiger partial charge in [0.25, 0.3) is 5.91 Å². The van der Waals surface area contributed by atoms with Crippen molar-refractivity contribution >= 4 is 5.91 Å². The van der Waals surface area contributed by atoms with E-state index in [1.165, 1.54) is 12.1 Å². The normalized spacial score (nSPS) is 12.4. The van der Waals surface area contributed by atoms with Gasteiger partial charge in [-0.2, -0.15) is 0 Å². The Hall–Kier alpha value is -1.49. The van der Waals surface area contributed by atoms with Crippen molar-refractivity contribution in [3.05, 3.63) is 29.8 Å². The molecule has 0 spiro atoms. The Morgan fingerprint density at radius 2 is 1.94 bits per heavy atom. The van der Waals surface area contributed by atoms with Gasteiger partial charge in [-0.15, -0.1) is 0 Å². The summed E-state index contributed by atoms with van der Waals surface area (Å²) in [5.41, 5.74) is -1.79. The van der Waals surface area contributed by atoms with Crippen LogP contribution in [0.5, 0.6) is 0 Å². The summed E-state index contributed by atoms with van der Waals surface area (Å²) < 4.78 is 12.6. The standard InChI is InChI=1S/C12H17FN2O2/c1-11(2,12(3,4)17)15-10(16)9-6-5-8(13)7-14-9/h5-7,17H,1-4H3,(H,15,16). The minimum atomic E-state index is -1.08. The van der Waals surface area contributed by atoms with E-state index < -0.39 is 22.9 Å². The molecule has 0 aliphatic rings. The monoisotopic (exact) mass is 240 g/mol. The fourth-order valence-corrected chi connectivity index (χ4v) is 1.01. The van der Waals surface area contributed by atoms with Crippen LogP contribution in [0.3, 0.4) is 0 Å². The summed E-state index contributed by atoms with van der Waals surface area (Å²) in [7, 11) is 0. The van der Waals surface area contributed by atoms with E-state index in [2.05, 4.69) is 10.3 Å². The number of pyridine rings is 1. The molecule has 94 valence electrons. The number of carbonyl (C=O) groups excluding carboxylic acids is 1. The number of carbonyl (C=O) groups is 1. The molecule has 17 heavy (non-hydrogen) atoms. The third-order valence-electron chi connectivity index (χ3n) is 2.92. The zero-order valence-electron chi connectivity index (χ0n) is 10.4. The first-order chi connectivity index (χ1) is 7.63. The van der Waals surface area contributed by atoms with Crippen molar-refractivity contribution in [1.82, 2.24) is 10.3 Å². The lowest BCUT2D eigenvalue weighted by atomic mass is 9.86. The summed E-state index contributed by atoms with van der Waals surface area (Å²) in [6.07, 6.45) is 0.978. The highest BCUT2D eigenvalue weighted by molar-refractivity contribution is 5.92. The molecule has 0 aliphatic carbocycles. The third-order valence-corrected chi connectivity index (χ3v) is 2.92. The summed E-state index contributed by atoms with van der Waals surface area (Å²) >= 11 is 0. The molecule has 2 N–H and O–H groups in total. The first-order valence-electron chi connectivity index (χ1n) is 5.30. The summed E-state index contributed by atoms with van der Waals surface area (Å²) in [6, 6.07) is 2.46. The molecule has 0 atom stereocenters. The zero-order chi connectivity index (χ0) is 13.3. The lowest BCUT2D eigenvalue weighted by Crippen LogP contribution is -2.57. The van der Waals surface area contributed by atoms with Crippen molar-refractivity contribution in [2.24, 2.45) is 0 Å². The third kappa shape index (κ3) is 3.23. The fraction of sp³-hybridized carbons (Fsp3) is 0.500. The lowest BCUT2D eigenvalue weighted by Gasteiger charge is -2.37. The Morgan fingerprint density at radius 1 is 1.35 bits per heavy atom. The lowest BCUT2D eigenvalue weighted by molar-refractivity contribution is -0.00302. The second-order valence-electron chi connectivity index (χ2n) is 5.00. The average molecular weight is 240 g/mol. The predicted molar refractivity (Wildman–Crippen MR) is 62.0 cm³/mol. The number of hydrogen-bond acceptors (Lipinski definition) is 3. The number of amides is 1. The molecule has 0 aromatic carbocycles. The number of halogens is 1. The number of nitrogens with one attached hydrogen (secondary N) is 1. The molecule has 1 amide bonds. The SMILES string of the molecule is CC(C)(O)C(C)(C)NC(=O)c1ccc(F)cn1. The molecular weight excluding hydrogens is 223 g/mol. The maximum absolute atomic E-state index is 12.6. The molecule has 1 aromatic heterocycles. The van der Waals surface area contributed by atoms with Gasteiger partial charge in [0.2, 0.25) is 0 Å². The molecule has 0 aliphatic heterocycles. The quantitative estimate of drug-likeness (QED) is 0.841. The minimum absolute atomic E-state index is 0.115. The van der Waals surface area contributed by atoms with Crippen LogP contribution in [0.1, 0.15) is 38.2 Å². The van der Waals surface area contributed by atoms with Crippen LogP contribution in [0.4, 0.5) is 4.39 Å². The van der Waals surface area contributed by atoms with Gasteiger partial charge in [0.05, 0.1) is 17.3 Å². The van der Waals surface area contributed by atoms with Crippen molar-refractivity contribution in [1.29, 1.82) is 0 Å². The first-order valence-corrected chi connectivity index (χ1v) is 5.30. The van der Waals surface area contributed by atoms with E-state index in [-0.39, 0.29) is 5.69 Å². The highest BCUT2D eigenvalue weighted by Crippen LogP contribution is 2.20. The Morgan fingerprint density at radius 3 is 2.35 bits per heavy atom. The van der Waals surface area contributed by atoms with Crippen LogP contribution >= 0.6 is 0 Å². The summed E-state index contributed by atoms with van der Waals surface area (Å²) in [6.45, 7) is 6.61. The van der Waals surface area contributed by atoms with Gasteiger partial charge in [-0.3, -0.25) is 4.79 Å². The van der Waals surface area contributed by atoms with E-state index in [9.17, 15) is 14.3 Å². The van der Waals surface area contributed by atoms with Crippen LogP contribution in [-0.4, -0.2) is 27.1 Å². The van der Waals surface area contributed by atoms with Gasteiger partial charge in [0, 0.05) is 0 Å². The fourth-order valence-electron chi connectivity index (χ4n) is 1.01. The molecule has 0 radical (unpaired) electrons. The van der Waals surface area contributed by atoms with Gasteiger partial charge in [-0.25, -0.2) is 9.37 Å². The number of hydrogen-bond donors (Lipinski definition) is 2. The number of aliphatic hydroxyl groups is 1. The minimum Gasteiger partial charge on any atom is -0.388 e. The Kier molecular flexibility index (Phi) is 3.52. The Bertz CT molecular complexity index is 408. The van der Waals surface area contributed by atoms with Crippen LogP contribution in [-0.2, 0) is 0 Å². The van der Waals surface area contributed by atoms with E-state index in [0.29, 0.717) is 0 Å². The van der Waals surface area contributed by atoms with Gasteiger partial charge >= 0.3 is 0 Å². The van der Waals surface area contributed by atoms with E-state index in [1.807, 2.05) is 0 Å². The first kappa shape index (κ1) is 13.6. The van der Waals surface area contributed by atoms with E-state index in [1.54, 1.807) is 27.7 Å². The van der Waals surface area contributed by atoms with Crippen LogP contribution in [0, 0.1) is 5.82 Å². The van der Waals surface area contributed by atoms with E-state index in [0.717, 1.165) is 6.20 Å². The van der Waals surface area contributed by atoms with Gasteiger partial charge in [0.1, 0.15) is 11.5 Å². The molecule has 0 bridgehead atoms. The Labute approximate surface area is 99.9 Å². The second-order valence-corrected chi connectivity index (χ2v) is 5.00. The molecular formula is C12H17FN2O2. The molecule has 1 aromatic rings. The van der Waals surface area contributed by atoms with Crippen LogP contribution in [0.15, 0.2) is 18.3 Å². The van der Waals surface area contributed by atoms with Gasteiger partial charge in [-0.1, -0.05) is 0 Å². The maximum atomic E-state index is 12.6. The van der Waals surface area contributed by atoms with Gasteiger partial charge < -0.3 is 10.4 Å². The molecule has 0 saturated carbocycles. The average Bonchev–Trinajstić information content (AvgIpc) is 2.16. The van der Waals surface area contributed by atoms with Crippen molar-refractivity contribution in [2.45, 2.75) is 38.8 Å².